The van der Waals surface area contributed by atoms with Crippen LogP contribution in [0.15, 0.2) is 90.1 Å². The number of carbonyl (C=O) groups is 1. The lowest BCUT2D eigenvalue weighted by Crippen LogP contribution is -2.31. The van der Waals surface area contributed by atoms with Crippen molar-refractivity contribution in [2.24, 2.45) is 7.05 Å². The highest BCUT2D eigenvalue weighted by atomic mass is 35.5. The molecule has 0 aliphatic rings. The van der Waals surface area contributed by atoms with Crippen LogP contribution in [0.4, 0.5) is 10.1 Å². The number of rotatable bonds is 7. The summed E-state index contributed by atoms with van der Waals surface area (Å²) in [6.45, 7) is 0. The Balaban J connectivity index is 1.62. The number of nitrogens with one attached hydrogen (secondary N) is 2. The molecule has 0 aliphatic heterocycles. The summed E-state index contributed by atoms with van der Waals surface area (Å²) in [5.41, 5.74) is 0.677. The SMILES string of the molecule is Cn1ccnc1C(NC(=O)c1cccc(S(=O)(=O)Nc2ccccc2F)c1)c1ccc(Cl)cc1. The van der Waals surface area contributed by atoms with E-state index in [-0.39, 0.29) is 16.1 Å². The second-order valence-electron chi connectivity index (χ2n) is 7.47. The maximum atomic E-state index is 13.9. The second-order valence-corrected chi connectivity index (χ2v) is 9.59. The molecular formula is C24H20ClFN4O3S. The molecular weight excluding hydrogens is 479 g/mol. The monoisotopic (exact) mass is 498 g/mol. The predicted molar refractivity (Wildman–Crippen MR) is 128 cm³/mol. The van der Waals surface area contributed by atoms with Gasteiger partial charge in [0.2, 0.25) is 0 Å². The summed E-state index contributed by atoms with van der Waals surface area (Å²) >= 11 is 6.01. The van der Waals surface area contributed by atoms with Crippen LogP contribution < -0.4 is 10.0 Å². The van der Waals surface area contributed by atoms with Crippen LogP contribution in [0.1, 0.15) is 27.8 Å². The van der Waals surface area contributed by atoms with Gasteiger partial charge in [0.05, 0.1) is 10.6 Å². The van der Waals surface area contributed by atoms with Crippen molar-refractivity contribution in [2.75, 3.05) is 4.72 Å². The van der Waals surface area contributed by atoms with Gasteiger partial charge in [0.1, 0.15) is 17.7 Å². The van der Waals surface area contributed by atoms with Crippen molar-refractivity contribution in [3.63, 3.8) is 0 Å². The zero-order chi connectivity index (χ0) is 24.3. The summed E-state index contributed by atoms with van der Waals surface area (Å²) in [4.78, 5) is 17.3. The van der Waals surface area contributed by atoms with E-state index in [1.54, 1.807) is 48.3 Å². The average Bonchev–Trinajstić information content (AvgIpc) is 3.25. The number of aromatic nitrogens is 2. The van der Waals surface area contributed by atoms with Gasteiger partial charge in [-0.2, -0.15) is 0 Å². The molecule has 1 heterocycles. The summed E-state index contributed by atoms with van der Waals surface area (Å²) in [7, 11) is -2.32. The van der Waals surface area contributed by atoms with Gasteiger partial charge < -0.3 is 9.88 Å². The molecule has 1 unspecified atom stereocenters. The van der Waals surface area contributed by atoms with Gasteiger partial charge in [0.25, 0.3) is 15.9 Å². The second kappa shape index (κ2) is 9.66. The Kier molecular flexibility index (Phi) is 6.67. The highest BCUT2D eigenvalue weighted by molar-refractivity contribution is 7.92. The van der Waals surface area contributed by atoms with Crippen LogP contribution in [0.5, 0.6) is 0 Å². The van der Waals surface area contributed by atoms with E-state index in [0.717, 1.165) is 11.6 Å². The van der Waals surface area contributed by atoms with Crippen molar-refractivity contribution in [3.8, 4) is 0 Å². The average molecular weight is 499 g/mol. The van der Waals surface area contributed by atoms with E-state index >= 15 is 0 Å². The molecule has 0 radical (unpaired) electrons. The first-order chi connectivity index (χ1) is 16.2. The van der Waals surface area contributed by atoms with Crippen molar-refractivity contribution in [3.05, 3.63) is 113 Å². The number of sulfonamides is 1. The minimum absolute atomic E-state index is 0.115. The van der Waals surface area contributed by atoms with Crippen molar-refractivity contribution in [1.29, 1.82) is 0 Å². The standard InChI is InChI=1S/C24H20ClFN4O3S/c1-30-14-13-27-23(30)22(16-9-11-18(25)12-10-16)28-24(31)17-5-4-6-19(15-17)34(32,33)29-21-8-3-2-7-20(21)26/h2-15,22,29H,1H3,(H,28,31). The molecule has 4 aromatic rings. The summed E-state index contributed by atoms with van der Waals surface area (Å²) in [6.07, 6.45) is 3.37. The van der Waals surface area contributed by atoms with Crippen LogP contribution >= 0.6 is 11.6 Å². The Morgan fingerprint density at radius 3 is 2.47 bits per heavy atom. The molecule has 1 amide bonds. The fraction of sp³-hybridized carbons (Fsp3) is 0.0833. The van der Waals surface area contributed by atoms with Gasteiger partial charge in [0.15, 0.2) is 0 Å². The lowest BCUT2D eigenvalue weighted by molar-refractivity contribution is 0.0941. The number of anilines is 1. The zero-order valence-electron chi connectivity index (χ0n) is 17.9. The third-order valence-corrected chi connectivity index (χ3v) is 6.74. The summed E-state index contributed by atoms with van der Waals surface area (Å²) in [6, 6.07) is 17.3. The summed E-state index contributed by atoms with van der Waals surface area (Å²) in [5, 5.41) is 3.46. The predicted octanol–water partition coefficient (Wildman–Crippen LogP) is 4.53. The Morgan fingerprint density at radius 2 is 1.79 bits per heavy atom. The number of para-hydroxylation sites is 1. The zero-order valence-corrected chi connectivity index (χ0v) is 19.5. The Labute approximate surface area is 201 Å². The molecule has 7 nitrogen and oxygen atoms in total. The van der Waals surface area contributed by atoms with E-state index in [1.165, 1.54) is 42.5 Å². The molecule has 4 rings (SSSR count). The Hall–Kier alpha value is -3.69. The molecule has 0 spiro atoms. The fourth-order valence-electron chi connectivity index (χ4n) is 3.37. The Bertz CT molecular complexity index is 1440. The van der Waals surface area contributed by atoms with E-state index in [4.69, 9.17) is 11.6 Å². The number of benzene rings is 3. The maximum absolute atomic E-state index is 13.9. The van der Waals surface area contributed by atoms with Gasteiger partial charge in [0, 0.05) is 30.0 Å². The third kappa shape index (κ3) is 5.11. The normalized spacial score (nSPS) is 12.2. The number of hydrogen-bond acceptors (Lipinski definition) is 4. The first-order valence-electron chi connectivity index (χ1n) is 10.2. The molecule has 10 heteroatoms. The number of halogens is 2. The molecule has 0 saturated carbocycles. The lowest BCUT2D eigenvalue weighted by Gasteiger charge is -2.19. The first-order valence-corrected chi connectivity index (χ1v) is 12.0. The molecule has 0 aliphatic carbocycles. The molecule has 1 atom stereocenters. The molecule has 0 saturated heterocycles. The van der Waals surface area contributed by atoms with E-state index < -0.39 is 27.8 Å². The number of imidazole rings is 1. The summed E-state index contributed by atoms with van der Waals surface area (Å²) < 4.78 is 43.5. The van der Waals surface area contributed by atoms with Crippen LogP contribution in [0.3, 0.4) is 0 Å². The van der Waals surface area contributed by atoms with Gasteiger partial charge in [-0.05, 0) is 48.0 Å². The Morgan fingerprint density at radius 1 is 1.06 bits per heavy atom. The summed E-state index contributed by atoms with van der Waals surface area (Å²) in [5.74, 6) is -0.632. The number of amides is 1. The van der Waals surface area contributed by atoms with E-state index in [0.29, 0.717) is 10.8 Å². The number of nitrogens with zero attached hydrogens (tertiary/aromatic N) is 2. The smallest absolute Gasteiger partial charge is 0.262 e. The number of aryl methyl sites for hydroxylation is 1. The van der Waals surface area contributed by atoms with Crippen molar-refractivity contribution in [1.82, 2.24) is 14.9 Å². The largest absolute Gasteiger partial charge is 0.338 e. The molecule has 0 bridgehead atoms. The topological polar surface area (TPSA) is 93.1 Å². The van der Waals surface area contributed by atoms with Crippen LogP contribution in [0.2, 0.25) is 5.02 Å². The number of carbonyl (C=O) groups excluding carboxylic acids is 1. The van der Waals surface area contributed by atoms with Gasteiger partial charge in [-0.1, -0.05) is 41.9 Å². The quantitative estimate of drug-likeness (QED) is 0.391. The molecule has 34 heavy (non-hydrogen) atoms. The lowest BCUT2D eigenvalue weighted by atomic mass is 10.1. The van der Waals surface area contributed by atoms with Gasteiger partial charge >= 0.3 is 0 Å². The third-order valence-electron chi connectivity index (χ3n) is 5.12. The molecule has 0 fully saturated rings. The maximum Gasteiger partial charge on any atom is 0.262 e. The molecule has 1 aromatic heterocycles. The molecule has 3 aromatic carbocycles. The van der Waals surface area contributed by atoms with E-state index in [1.807, 2.05) is 0 Å². The van der Waals surface area contributed by atoms with Gasteiger partial charge in [-0.3, -0.25) is 9.52 Å². The minimum Gasteiger partial charge on any atom is -0.338 e. The van der Waals surface area contributed by atoms with E-state index in [2.05, 4.69) is 15.0 Å². The van der Waals surface area contributed by atoms with E-state index in [9.17, 15) is 17.6 Å². The fourth-order valence-corrected chi connectivity index (χ4v) is 4.61. The van der Waals surface area contributed by atoms with Crippen LogP contribution in [-0.4, -0.2) is 23.9 Å². The highest BCUT2D eigenvalue weighted by Crippen LogP contribution is 2.24. The van der Waals surface area contributed by atoms with Crippen LogP contribution in [0.25, 0.3) is 0 Å². The molecule has 174 valence electrons. The molecule has 2 N–H and O–H groups in total. The minimum atomic E-state index is -4.13. The van der Waals surface area contributed by atoms with Crippen molar-refractivity contribution < 1.29 is 17.6 Å². The highest BCUT2D eigenvalue weighted by Gasteiger charge is 2.23. The first kappa shape index (κ1) is 23.5. The van der Waals surface area contributed by atoms with Crippen molar-refractivity contribution in [2.45, 2.75) is 10.9 Å². The van der Waals surface area contributed by atoms with Crippen molar-refractivity contribution >= 4 is 33.2 Å². The van der Waals surface area contributed by atoms with Gasteiger partial charge in [-0.15, -0.1) is 0 Å². The van der Waals surface area contributed by atoms with Crippen LogP contribution in [0, 0.1) is 5.82 Å². The number of hydrogen-bond donors (Lipinski definition) is 2. The van der Waals surface area contributed by atoms with Gasteiger partial charge in [-0.25, -0.2) is 17.8 Å². The van der Waals surface area contributed by atoms with Crippen LogP contribution in [-0.2, 0) is 17.1 Å².